The Bertz CT molecular complexity index is 1480. The molecule has 1 aliphatic rings. The van der Waals surface area contributed by atoms with Crippen molar-refractivity contribution in [3.05, 3.63) is 88.0 Å². The monoisotopic (exact) mass is 512 g/mol. The Morgan fingerprint density at radius 2 is 1.95 bits per heavy atom. The van der Waals surface area contributed by atoms with E-state index in [1.54, 1.807) is 11.6 Å². The second kappa shape index (κ2) is 10.6. The normalized spacial score (nSPS) is 17.4. The van der Waals surface area contributed by atoms with Crippen molar-refractivity contribution in [3.8, 4) is 5.75 Å². The Balaban J connectivity index is 1.53. The highest BCUT2D eigenvalue weighted by molar-refractivity contribution is 5.80. The third kappa shape index (κ3) is 4.90. The van der Waals surface area contributed by atoms with E-state index in [0.29, 0.717) is 0 Å². The van der Waals surface area contributed by atoms with Gasteiger partial charge < -0.3 is 9.84 Å². The summed E-state index contributed by atoms with van der Waals surface area (Å²) >= 11 is 0. The number of rotatable bonds is 7. The molecule has 0 spiro atoms. The number of hydrogen-bond acceptors (Lipinski definition) is 5. The number of para-hydroxylation sites is 1. The third-order valence-corrected chi connectivity index (χ3v) is 8.01. The SMILES string of the molecule is CCC1CN(Cc2cc(C(c3ccc4c(nnn4C)c3C)C(C)C(=O)O)ccc2C)Cc2ccccc2O1. The van der Waals surface area contributed by atoms with Gasteiger partial charge in [0.25, 0.3) is 0 Å². The average Bonchev–Trinajstić information content (AvgIpc) is 3.18. The summed E-state index contributed by atoms with van der Waals surface area (Å²) in [6, 6.07) is 18.7. The molecule has 5 rings (SSSR count). The number of aromatic nitrogens is 3. The molecule has 198 valence electrons. The van der Waals surface area contributed by atoms with Crippen molar-refractivity contribution < 1.29 is 14.6 Å². The lowest BCUT2D eigenvalue weighted by Gasteiger charge is -2.27. The van der Waals surface area contributed by atoms with Gasteiger partial charge in [-0.3, -0.25) is 9.69 Å². The Labute approximate surface area is 224 Å². The minimum absolute atomic E-state index is 0.128. The lowest BCUT2D eigenvalue weighted by molar-refractivity contribution is -0.141. The molecule has 1 aliphatic heterocycles. The van der Waals surface area contributed by atoms with Crippen molar-refractivity contribution in [2.75, 3.05) is 6.54 Å². The summed E-state index contributed by atoms with van der Waals surface area (Å²) in [5, 5.41) is 18.6. The molecule has 7 nitrogen and oxygen atoms in total. The van der Waals surface area contributed by atoms with Gasteiger partial charge in [-0.2, -0.15) is 0 Å². The van der Waals surface area contributed by atoms with Gasteiger partial charge in [-0.15, -0.1) is 5.10 Å². The molecule has 3 unspecified atom stereocenters. The van der Waals surface area contributed by atoms with Gasteiger partial charge in [0, 0.05) is 38.2 Å². The van der Waals surface area contributed by atoms with Crippen molar-refractivity contribution in [3.63, 3.8) is 0 Å². The van der Waals surface area contributed by atoms with Gasteiger partial charge in [0.2, 0.25) is 0 Å². The lowest BCUT2D eigenvalue weighted by atomic mass is 9.79. The first-order chi connectivity index (χ1) is 18.3. The van der Waals surface area contributed by atoms with Crippen LogP contribution in [0.15, 0.2) is 54.6 Å². The van der Waals surface area contributed by atoms with Gasteiger partial charge >= 0.3 is 5.97 Å². The smallest absolute Gasteiger partial charge is 0.307 e. The van der Waals surface area contributed by atoms with Crippen LogP contribution in [0, 0.1) is 19.8 Å². The Morgan fingerprint density at radius 1 is 1.16 bits per heavy atom. The molecule has 0 saturated heterocycles. The van der Waals surface area contributed by atoms with Crippen molar-refractivity contribution in [1.82, 2.24) is 19.9 Å². The largest absolute Gasteiger partial charge is 0.489 e. The van der Waals surface area contributed by atoms with E-state index in [4.69, 9.17) is 4.74 Å². The second-order valence-electron chi connectivity index (χ2n) is 10.6. The molecule has 1 N–H and O–H groups in total. The molecule has 0 saturated carbocycles. The maximum Gasteiger partial charge on any atom is 0.307 e. The number of ether oxygens (including phenoxy) is 1. The zero-order valence-electron chi connectivity index (χ0n) is 22.8. The molecule has 0 fully saturated rings. The predicted octanol–water partition coefficient (Wildman–Crippen LogP) is 5.61. The molecule has 0 amide bonds. The fourth-order valence-corrected chi connectivity index (χ4v) is 5.65. The summed E-state index contributed by atoms with van der Waals surface area (Å²) in [7, 11) is 1.87. The van der Waals surface area contributed by atoms with Crippen LogP contribution in [0.25, 0.3) is 11.0 Å². The fourth-order valence-electron chi connectivity index (χ4n) is 5.65. The molecule has 3 aromatic carbocycles. The maximum absolute atomic E-state index is 12.3. The number of aryl methyl sites for hydroxylation is 3. The minimum Gasteiger partial charge on any atom is -0.489 e. The molecule has 3 atom stereocenters. The van der Waals surface area contributed by atoms with Crippen molar-refractivity contribution >= 4 is 17.0 Å². The molecule has 0 bridgehead atoms. The van der Waals surface area contributed by atoms with Crippen LogP contribution in [0.1, 0.15) is 59.6 Å². The number of carboxylic acid groups (broad SMARTS) is 1. The summed E-state index contributed by atoms with van der Waals surface area (Å²) in [6.07, 6.45) is 1.06. The molecule has 2 heterocycles. The minimum atomic E-state index is -0.817. The van der Waals surface area contributed by atoms with Gasteiger partial charge in [-0.05, 0) is 60.2 Å². The van der Waals surface area contributed by atoms with E-state index in [1.165, 1.54) is 16.7 Å². The van der Waals surface area contributed by atoms with Crippen LogP contribution in [0.3, 0.4) is 0 Å². The molecular formula is C31H36N4O3. The molecular weight excluding hydrogens is 476 g/mol. The quantitative estimate of drug-likeness (QED) is 0.347. The van der Waals surface area contributed by atoms with Crippen LogP contribution in [0.2, 0.25) is 0 Å². The maximum atomic E-state index is 12.3. The summed E-state index contributed by atoms with van der Waals surface area (Å²) in [5.41, 5.74) is 8.31. The predicted molar refractivity (Wildman–Crippen MR) is 148 cm³/mol. The van der Waals surface area contributed by atoms with E-state index >= 15 is 0 Å². The molecule has 0 aliphatic carbocycles. The van der Waals surface area contributed by atoms with E-state index in [0.717, 1.165) is 59.5 Å². The van der Waals surface area contributed by atoms with Gasteiger partial charge in [-0.1, -0.05) is 61.5 Å². The molecule has 38 heavy (non-hydrogen) atoms. The van der Waals surface area contributed by atoms with E-state index < -0.39 is 11.9 Å². The van der Waals surface area contributed by atoms with Crippen LogP contribution >= 0.6 is 0 Å². The number of fused-ring (bicyclic) bond motifs is 2. The molecule has 0 radical (unpaired) electrons. The van der Waals surface area contributed by atoms with Crippen molar-refractivity contribution in [2.45, 2.75) is 59.2 Å². The van der Waals surface area contributed by atoms with E-state index in [2.05, 4.69) is 65.5 Å². The van der Waals surface area contributed by atoms with Crippen molar-refractivity contribution in [2.24, 2.45) is 13.0 Å². The van der Waals surface area contributed by atoms with Crippen LogP contribution < -0.4 is 4.74 Å². The number of carbonyl (C=O) groups is 1. The Kier molecular flexibility index (Phi) is 7.21. The number of hydrogen-bond donors (Lipinski definition) is 1. The summed E-state index contributed by atoms with van der Waals surface area (Å²) < 4.78 is 8.06. The average molecular weight is 513 g/mol. The van der Waals surface area contributed by atoms with Gasteiger partial charge in [-0.25, -0.2) is 4.68 Å². The highest BCUT2D eigenvalue weighted by Crippen LogP contribution is 2.37. The third-order valence-electron chi connectivity index (χ3n) is 8.01. The lowest BCUT2D eigenvalue weighted by Crippen LogP contribution is -2.32. The number of benzene rings is 3. The highest BCUT2D eigenvalue weighted by Gasteiger charge is 2.30. The van der Waals surface area contributed by atoms with Crippen LogP contribution in [-0.4, -0.2) is 43.6 Å². The van der Waals surface area contributed by atoms with Gasteiger partial charge in [0.05, 0.1) is 11.4 Å². The second-order valence-corrected chi connectivity index (χ2v) is 10.6. The van der Waals surface area contributed by atoms with Crippen LogP contribution in [-0.2, 0) is 24.9 Å². The summed E-state index contributed by atoms with van der Waals surface area (Å²) in [4.78, 5) is 14.7. The number of carboxylic acids is 1. The fraction of sp³-hybridized carbons (Fsp3) is 0.387. The summed E-state index contributed by atoms with van der Waals surface area (Å²) in [6.45, 7) is 10.5. The Hall–Kier alpha value is -3.71. The molecule has 7 heteroatoms. The van der Waals surface area contributed by atoms with Crippen molar-refractivity contribution in [1.29, 1.82) is 0 Å². The number of aliphatic carboxylic acids is 1. The Morgan fingerprint density at radius 3 is 2.71 bits per heavy atom. The molecule has 1 aromatic heterocycles. The van der Waals surface area contributed by atoms with E-state index in [1.807, 2.05) is 32.2 Å². The highest BCUT2D eigenvalue weighted by atomic mass is 16.5. The zero-order chi connectivity index (χ0) is 27.0. The van der Waals surface area contributed by atoms with Crippen LogP contribution in [0.4, 0.5) is 0 Å². The topological polar surface area (TPSA) is 80.5 Å². The van der Waals surface area contributed by atoms with E-state index in [-0.39, 0.29) is 12.0 Å². The van der Waals surface area contributed by atoms with Gasteiger partial charge in [0.15, 0.2) is 0 Å². The van der Waals surface area contributed by atoms with Crippen LogP contribution in [0.5, 0.6) is 5.75 Å². The first kappa shape index (κ1) is 25.9. The molecule has 4 aromatic rings. The zero-order valence-corrected chi connectivity index (χ0v) is 22.8. The van der Waals surface area contributed by atoms with E-state index in [9.17, 15) is 9.90 Å². The first-order valence-corrected chi connectivity index (χ1v) is 13.3. The van der Waals surface area contributed by atoms with Gasteiger partial charge in [0.1, 0.15) is 17.4 Å². The first-order valence-electron chi connectivity index (χ1n) is 13.3. The standard InChI is InChI=1S/C31H36N4O3/c1-6-25-18-35(16-23-9-7-8-10-28(23)38-25)17-24-15-22(12-11-19(24)2)29(21(4)31(36)37)26-13-14-27-30(20(26)3)32-33-34(27)5/h7-15,21,25,29H,6,16-18H2,1-5H3,(H,36,37). The summed E-state index contributed by atoms with van der Waals surface area (Å²) in [5.74, 6) is -0.767. The number of nitrogens with zero attached hydrogens (tertiary/aromatic N) is 4.